The number of carbonyl (C=O) groups is 1. The van der Waals surface area contributed by atoms with Crippen LogP contribution in [-0.4, -0.2) is 30.4 Å². The zero-order valence-corrected chi connectivity index (χ0v) is 23.0. The Morgan fingerprint density at radius 1 is 1.19 bits per heavy atom. The highest BCUT2D eigenvalue weighted by atomic mass is 31.0. The molecular formula is C27H51O4P. The number of ether oxygens (including phenoxy) is 1. The number of carbonyl (C=O) groups excluding carboxylic acids is 1. The molecule has 188 valence electrons. The summed E-state index contributed by atoms with van der Waals surface area (Å²) in [5, 5.41) is 11.3. The molecule has 0 aromatic carbocycles. The smallest absolute Gasteiger partial charge is 0.305 e. The molecule has 2 aliphatic rings. The van der Waals surface area contributed by atoms with Crippen LogP contribution in [0.4, 0.5) is 0 Å². The summed E-state index contributed by atoms with van der Waals surface area (Å²) in [5.41, 5.74) is 0.450. The second-order valence-corrected chi connectivity index (χ2v) is 12.1. The summed E-state index contributed by atoms with van der Waals surface area (Å²) in [6.45, 7) is 14.0. The molecule has 0 aliphatic heterocycles. The van der Waals surface area contributed by atoms with Crippen LogP contribution in [0.25, 0.3) is 0 Å². The van der Waals surface area contributed by atoms with Crippen LogP contribution >= 0.6 is 9.47 Å². The fraction of sp³-hybridized carbons (Fsp3) is 0.963. The predicted molar refractivity (Wildman–Crippen MR) is 135 cm³/mol. The zero-order valence-electron chi connectivity index (χ0n) is 21.9. The second-order valence-electron chi connectivity index (χ2n) is 11.8. The maximum atomic E-state index is 11.7. The Bertz CT molecular complexity index is 590. The van der Waals surface area contributed by atoms with Gasteiger partial charge in [0, 0.05) is 15.9 Å². The molecule has 0 amide bonds. The summed E-state index contributed by atoms with van der Waals surface area (Å²) in [7, 11) is 3.92. The van der Waals surface area contributed by atoms with E-state index in [9.17, 15) is 9.90 Å². The Kier molecular flexibility index (Phi) is 10.5. The summed E-state index contributed by atoms with van der Waals surface area (Å²) < 4.78 is 10.5. The number of hydrogen-bond acceptors (Lipinski definition) is 4. The van der Waals surface area contributed by atoms with E-state index in [4.69, 9.17) is 9.26 Å². The molecule has 2 rings (SSSR count). The lowest BCUT2D eigenvalue weighted by molar-refractivity contribution is -0.141. The van der Waals surface area contributed by atoms with E-state index in [1.807, 2.05) is 0 Å². The van der Waals surface area contributed by atoms with Crippen LogP contribution in [0.3, 0.4) is 0 Å². The summed E-state index contributed by atoms with van der Waals surface area (Å²) in [5.74, 6) is 2.52. The number of fused-ring (bicyclic) bond motifs is 1. The van der Waals surface area contributed by atoms with E-state index in [-0.39, 0.29) is 22.9 Å². The van der Waals surface area contributed by atoms with E-state index in [1.165, 1.54) is 32.8 Å². The van der Waals surface area contributed by atoms with E-state index < -0.39 is 0 Å². The monoisotopic (exact) mass is 470 g/mol. The molecule has 0 aromatic rings. The van der Waals surface area contributed by atoms with Gasteiger partial charge in [-0.25, -0.2) is 0 Å². The van der Waals surface area contributed by atoms with Gasteiger partial charge in [-0.05, 0) is 98.2 Å². The van der Waals surface area contributed by atoms with Crippen molar-refractivity contribution in [3.05, 3.63) is 0 Å². The third-order valence-corrected chi connectivity index (χ3v) is 10.1. The number of hydrogen-bond donors (Lipinski definition) is 1. The van der Waals surface area contributed by atoms with Gasteiger partial charge in [0.15, 0.2) is 0 Å². The van der Waals surface area contributed by atoms with E-state index in [1.54, 1.807) is 0 Å². The third-order valence-electron chi connectivity index (χ3n) is 9.75. The Morgan fingerprint density at radius 3 is 2.44 bits per heavy atom. The Hall–Kier alpha value is -0.180. The van der Waals surface area contributed by atoms with Gasteiger partial charge in [-0.15, -0.1) is 0 Å². The van der Waals surface area contributed by atoms with Crippen molar-refractivity contribution in [2.45, 2.75) is 118 Å². The Balaban J connectivity index is 2.20. The molecule has 0 spiro atoms. The normalized spacial score (nSPS) is 33.4. The minimum absolute atomic E-state index is 0.0962. The highest BCUT2D eigenvalue weighted by molar-refractivity contribution is 7.09. The molecule has 0 bridgehead atoms. The highest BCUT2D eigenvalue weighted by Crippen LogP contribution is 2.64. The standard InChI is InChI=1S/C27H51O4P/c1-8-19(31-32)14-16-26(4,5)21-15-17-27(6)20(18(3)10-13-24(29)30-7)11-12-22(27)25(21)23(28)9-2/h18-23,25,28H,8-17,32H2,1-7H3/t18-,19+,20?,21?,22?,23-,25?,27-/m1/s1. The van der Waals surface area contributed by atoms with Gasteiger partial charge >= 0.3 is 5.97 Å². The average Bonchev–Trinajstić information content (AvgIpc) is 3.13. The van der Waals surface area contributed by atoms with Crippen LogP contribution < -0.4 is 0 Å². The Labute approximate surface area is 200 Å². The molecule has 2 saturated carbocycles. The zero-order chi connectivity index (χ0) is 24.1. The van der Waals surface area contributed by atoms with Gasteiger partial charge in [0.05, 0.1) is 19.3 Å². The lowest BCUT2D eigenvalue weighted by Gasteiger charge is -2.55. The molecule has 2 aliphatic carbocycles. The van der Waals surface area contributed by atoms with E-state index in [0.717, 1.165) is 32.1 Å². The molecule has 0 aromatic heterocycles. The molecule has 0 heterocycles. The summed E-state index contributed by atoms with van der Waals surface area (Å²) in [4.78, 5) is 11.7. The Morgan fingerprint density at radius 2 is 1.88 bits per heavy atom. The summed E-state index contributed by atoms with van der Waals surface area (Å²) >= 11 is 0. The van der Waals surface area contributed by atoms with Crippen molar-refractivity contribution in [2.24, 2.45) is 40.4 Å². The fourth-order valence-electron chi connectivity index (χ4n) is 7.63. The predicted octanol–water partition coefficient (Wildman–Crippen LogP) is 6.80. The first-order valence-electron chi connectivity index (χ1n) is 13.2. The number of esters is 1. The molecule has 5 unspecified atom stereocenters. The molecule has 1 N–H and O–H groups in total. The maximum absolute atomic E-state index is 11.7. The fourth-order valence-corrected chi connectivity index (χ4v) is 7.95. The first kappa shape index (κ1) is 28.1. The topological polar surface area (TPSA) is 55.8 Å². The van der Waals surface area contributed by atoms with Crippen molar-refractivity contribution in [1.82, 2.24) is 0 Å². The summed E-state index contributed by atoms with van der Waals surface area (Å²) in [6.07, 6.45) is 10.5. The summed E-state index contributed by atoms with van der Waals surface area (Å²) in [6, 6.07) is 0. The van der Waals surface area contributed by atoms with Gasteiger partial charge in [0.25, 0.3) is 0 Å². The first-order valence-corrected chi connectivity index (χ1v) is 13.6. The first-order chi connectivity index (χ1) is 15.0. The molecular weight excluding hydrogens is 419 g/mol. The molecule has 32 heavy (non-hydrogen) atoms. The van der Waals surface area contributed by atoms with Crippen molar-refractivity contribution < 1.29 is 19.2 Å². The molecule has 5 heteroatoms. The van der Waals surface area contributed by atoms with Crippen molar-refractivity contribution in [2.75, 3.05) is 7.11 Å². The molecule has 4 nitrogen and oxygen atoms in total. The molecule has 0 radical (unpaired) electrons. The van der Waals surface area contributed by atoms with Crippen molar-refractivity contribution in [1.29, 1.82) is 0 Å². The van der Waals surface area contributed by atoms with E-state index in [2.05, 4.69) is 51.0 Å². The van der Waals surface area contributed by atoms with Gasteiger partial charge < -0.3 is 14.4 Å². The van der Waals surface area contributed by atoms with Gasteiger partial charge in [-0.2, -0.15) is 0 Å². The average molecular weight is 471 g/mol. The number of methoxy groups -OCH3 is 1. The SMILES string of the molecule is CC[C@@H](CCC(C)(C)C1CC[C@@]2(C)C(CCC2[C@H](C)CCC(=O)OC)C1[C@H](O)CC)OP. The van der Waals surface area contributed by atoms with Gasteiger partial charge in [-0.3, -0.25) is 4.79 Å². The number of aliphatic hydroxyl groups is 1. The molecule has 2 fully saturated rings. The van der Waals surface area contributed by atoms with Crippen molar-refractivity contribution in [3.63, 3.8) is 0 Å². The minimum atomic E-state index is -0.229. The molecule has 0 saturated heterocycles. The van der Waals surface area contributed by atoms with Crippen LogP contribution in [0.15, 0.2) is 0 Å². The lowest BCUT2D eigenvalue weighted by atomic mass is 9.50. The van der Waals surface area contributed by atoms with E-state index in [0.29, 0.717) is 42.1 Å². The quantitative estimate of drug-likeness (QED) is 0.252. The second kappa shape index (κ2) is 12.0. The lowest BCUT2D eigenvalue weighted by Crippen LogP contribution is -2.50. The number of aliphatic hydroxyl groups excluding tert-OH is 1. The minimum Gasteiger partial charge on any atom is -0.469 e. The van der Waals surface area contributed by atoms with E-state index >= 15 is 0 Å². The van der Waals surface area contributed by atoms with Crippen LogP contribution in [0.2, 0.25) is 0 Å². The largest absolute Gasteiger partial charge is 0.469 e. The molecule has 9 atom stereocenters. The highest BCUT2D eigenvalue weighted by Gasteiger charge is 2.58. The van der Waals surface area contributed by atoms with Gasteiger partial charge in [0.1, 0.15) is 0 Å². The van der Waals surface area contributed by atoms with Crippen molar-refractivity contribution >= 4 is 15.4 Å². The van der Waals surface area contributed by atoms with Crippen LogP contribution in [0, 0.1) is 40.4 Å². The number of rotatable bonds is 12. The van der Waals surface area contributed by atoms with Gasteiger partial charge in [0.2, 0.25) is 0 Å². The van der Waals surface area contributed by atoms with Crippen LogP contribution in [0.1, 0.15) is 106 Å². The van der Waals surface area contributed by atoms with Crippen molar-refractivity contribution in [3.8, 4) is 0 Å². The van der Waals surface area contributed by atoms with Gasteiger partial charge in [-0.1, -0.05) is 41.5 Å². The third kappa shape index (κ3) is 6.08. The van der Waals surface area contributed by atoms with Crippen LogP contribution in [0.5, 0.6) is 0 Å². The maximum Gasteiger partial charge on any atom is 0.305 e. The van der Waals surface area contributed by atoms with Crippen LogP contribution in [-0.2, 0) is 14.1 Å².